The van der Waals surface area contributed by atoms with Gasteiger partial charge in [-0.15, -0.1) is 0 Å². The molecule has 0 saturated heterocycles. The molecule has 0 bridgehead atoms. The Morgan fingerprint density at radius 3 is 3.08 bits per heavy atom. The van der Waals surface area contributed by atoms with Crippen LogP contribution < -0.4 is 10.6 Å². The predicted octanol–water partition coefficient (Wildman–Crippen LogP) is 0.328. The second kappa shape index (κ2) is 4.69. The Kier molecular flexibility index (Phi) is 3.54. The molecule has 0 unspecified atom stereocenters. The lowest BCUT2D eigenvalue weighted by Gasteiger charge is -2.08. The quantitative estimate of drug-likeness (QED) is 0.651. The van der Waals surface area contributed by atoms with Crippen molar-refractivity contribution < 1.29 is 9.53 Å². The van der Waals surface area contributed by atoms with Gasteiger partial charge in [-0.1, -0.05) is 13.8 Å². The molecule has 1 rings (SSSR count). The largest absolute Gasteiger partial charge is 0.449 e. The highest BCUT2D eigenvalue weighted by Crippen LogP contribution is 1.92. The number of aliphatic imine (C=N–C) groups is 1. The number of hydrogen-bond acceptors (Lipinski definition) is 4. The molecule has 0 aromatic heterocycles. The van der Waals surface area contributed by atoms with Crippen LogP contribution in [0.25, 0.3) is 0 Å². The number of alkyl carbamates (subject to hydrolysis) is 1. The maximum atomic E-state index is 11.0. The molecule has 0 radical (unpaired) electrons. The summed E-state index contributed by atoms with van der Waals surface area (Å²) in [7, 11) is 0. The minimum Gasteiger partial charge on any atom is -0.449 e. The highest BCUT2D eigenvalue weighted by molar-refractivity contribution is 5.94. The lowest BCUT2D eigenvalue weighted by atomic mass is 10.2. The van der Waals surface area contributed by atoms with Crippen molar-refractivity contribution in [2.24, 2.45) is 10.9 Å². The first-order chi connectivity index (χ1) is 6.18. The summed E-state index contributed by atoms with van der Waals surface area (Å²) in [5.74, 6) is 0.859. The summed E-state index contributed by atoms with van der Waals surface area (Å²) in [5, 5.41) is 5.43. The Morgan fingerprint density at radius 2 is 2.54 bits per heavy atom. The number of nitrogens with zero attached hydrogens (tertiary/aromatic N) is 1. The van der Waals surface area contributed by atoms with E-state index >= 15 is 0 Å². The van der Waals surface area contributed by atoms with Gasteiger partial charge in [0.2, 0.25) is 5.96 Å². The third-order valence-corrected chi connectivity index (χ3v) is 1.44. The fraction of sp³-hybridized carbons (Fsp3) is 0.750. The van der Waals surface area contributed by atoms with Gasteiger partial charge >= 0.3 is 6.09 Å². The van der Waals surface area contributed by atoms with Crippen LogP contribution in [0.4, 0.5) is 4.79 Å². The van der Waals surface area contributed by atoms with Gasteiger partial charge in [-0.25, -0.2) is 4.79 Å². The van der Waals surface area contributed by atoms with Gasteiger partial charge in [0.25, 0.3) is 0 Å². The second-order valence-electron chi connectivity index (χ2n) is 3.27. The van der Waals surface area contributed by atoms with Crippen LogP contribution in [0.3, 0.4) is 0 Å². The molecule has 1 aliphatic rings. The number of carbonyl (C=O) groups excluding carboxylic acids is 1. The average molecular weight is 185 g/mol. The van der Waals surface area contributed by atoms with Crippen molar-refractivity contribution in [3.05, 3.63) is 0 Å². The molecule has 5 heteroatoms. The van der Waals surface area contributed by atoms with E-state index in [1.54, 1.807) is 0 Å². The smallest absolute Gasteiger partial charge is 0.413 e. The fourth-order valence-electron chi connectivity index (χ4n) is 0.857. The maximum absolute atomic E-state index is 11.0. The minimum atomic E-state index is -0.443. The van der Waals surface area contributed by atoms with Crippen molar-refractivity contribution in [2.45, 2.75) is 13.8 Å². The van der Waals surface area contributed by atoms with Gasteiger partial charge < -0.3 is 10.1 Å². The molecule has 0 saturated carbocycles. The number of guanidine groups is 1. The van der Waals surface area contributed by atoms with Crippen LogP contribution >= 0.6 is 0 Å². The number of hydrogen-bond donors (Lipinski definition) is 2. The van der Waals surface area contributed by atoms with E-state index in [0.29, 0.717) is 25.0 Å². The summed E-state index contributed by atoms with van der Waals surface area (Å²) in [4.78, 5) is 15.0. The van der Waals surface area contributed by atoms with Crippen LogP contribution in [-0.4, -0.2) is 31.7 Å². The number of rotatable bonds is 2. The third-order valence-electron chi connectivity index (χ3n) is 1.44. The summed E-state index contributed by atoms with van der Waals surface area (Å²) >= 11 is 0. The van der Waals surface area contributed by atoms with Gasteiger partial charge in [0, 0.05) is 6.54 Å². The molecule has 0 atom stereocenters. The molecule has 1 amide bonds. The van der Waals surface area contributed by atoms with E-state index in [2.05, 4.69) is 15.6 Å². The maximum Gasteiger partial charge on any atom is 0.413 e. The van der Waals surface area contributed by atoms with E-state index in [-0.39, 0.29) is 0 Å². The molecule has 0 spiro atoms. The molecule has 0 aliphatic carbocycles. The molecule has 1 aliphatic heterocycles. The number of nitrogens with one attached hydrogen (secondary N) is 2. The van der Waals surface area contributed by atoms with E-state index < -0.39 is 6.09 Å². The molecular formula is C8H15N3O2. The summed E-state index contributed by atoms with van der Waals surface area (Å²) < 4.78 is 4.89. The van der Waals surface area contributed by atoms with E-state index in [4.69, 9.17) is 4.74 Å². The SMILES string of the molecule is CC(C)COC(=O)NC1=NCCN1. The van der Waals surface area contributed by atoms with Crippen molar-refractivity contribution in [1.82, 2.24) is 10.6 Å². The van der Waals surface area contributed by atoms with E-state index in [9.17, 15) is 4.79 Å². The Morgan fingerprint density at radius 1 is 1.77 bits per heavy atom. The first-order valence-corrected chi connectivity index (χ1v) is 4.40. The van der Waals surface area contributed by atoms with Gasteiger partial charge in [-0.2, -0.15) is 0 Å². The van der Waals surface area contributed by atoms with Crippen molar-refractivity contribution in [2.75, 3.05) is 19.7 Å². The van der Waals surface area contributed by atoms with Crippen LogP contribution in [0.5, 0.6) is 0 Å². The Labute approximate surface area is 77.6 Å². The standard InChI is InChI=1S/C8H15N3O2/c1-6(2)5-13-8(12)11-7-9-3-4-10-7/h6H,3-5H2,1-2H3,(H2,9,10,11,12). The van der Waals surface area contributed by atoms with Crippen LogP contribution in [0.1, 0.15) is 13.8 Å². The van der Waals surface area contributed by atoms with Crippen molar-refractivity contribution in [1.29, 1.82) is 0 Å². The fourth-order valence-corrected chi connectivity index (χ4v) is 0.857. The predicted molar refractivity (Wildman–Crippen MR) is 49.6 cm³/mol. The zero-order valence-electron chi connectivity index (χ0n) is 7.96. The summed E-state index contributed by atoms with van der Waals surface area (Å²) in [6.45, 7) is 5.88. The zero-order chi connectivity index (χ0) is 9.68. The van der Waals surface area contributed by atoms with Gasteiger partial charge in [0.1, 0.15) is 0 Å². The number of amides is 1. The molecule has 5 nitrogen and oxygen atoms in total. The van der Waals surface area contributed by atoms with Crippen LogP contribution in [0, 0.1) is 5.92 Å². The summed E-state index contributed by atoms with van der Waals surface area (Å²) in [6, 6.07) is 0. The van der Waals surface area contributed by atoms with Crippen LogP contribution in [0.2, 0.25) is 0 Å². The molecule has 0 fully saturated rings. The van der Waals surface area contributed by atoms with Crippen LogP contribution in [-0.2, 0) is 4.74 Å². The number of ether oxygens (including phenoxy) is 1. The topological polar surface area (TPSA) is 62.7 Å². The van der Waals surface area contributed by atoms with E-state index in [1.807, 2.05) is 13.8 Å². The third kappa shape index (κ3) is 3.78. The second-order valence-corrected chi connectivity index (χ2v) is 3.27. The monoisotopic (exact) mass is 185 g/mol. The minimum absolute atomic E-state index is 0.351. The van der Waals surface area contributed by atoms with Crippen molar-refractivity contribution in [3.8, 4) is 0 Å². The van der Waals surface area contributed by atoms with Gasteiger partial charge in [-0.3, -0.25) is 10.3 Å². The molecule has 1 heterocycles. The Bertz CT molecular complexity index is 213. The van der Waals surface area contributed by atoms with Crippen LogP contribution in [0.15, 0.2) is 4.99 Å². The highest BCUT2D eigenvalue weighted by atomic mass is 16.5. The number of carbonyl (C=O) groups is 1. The molecular weight excluding hydrogens is 170 g/mol. The first-order valence-electron chi connectivity index (χ1n) is 4.40. The Hall–Kier alpha value is -1.26. The lowest BCUT2D eigenvalue weighted by Crippen LogP contribution is -2.38. The molecule has 0 aromatic carbocycles. The van der Waals surface area contributed by atoms with Gasteiger partial charge in [-0.05, 0) is 5.92 Å². The Balaban J connectivity index is 2.17. The average Bonchev–Trinajstić information content (AvgIpc) is 2.53. The van der Waals surface area contributed by atoms with Crippen molar-refractivity contribution >= 4 is 12.1 Å². The van der Waals surface area contributed by atoms with E-state index in [0.717, 1.165) is 6.54 Å². The molecule has 2 N–H and O–H groups in total. The van der Waals surface area contributed by atoms with Crippen molar-refractivity contribution in [3.63, 3.8) is 0 Å². The molecule has 13 heavy (non-hydrogen) atoms. The van der Waals surface area contributed by atoms with Gasteiger partial charge in [0.05, 0.1) is 13.2 Å². The molecule has 0 aromatic rings. The lowest BCUT2D eigenvalue weighted by molar-refractivity contribution is 0.138. The van der Waals surface area contributed by atoms with E-state index in [1.165, 1.54) is 0 Å². The zero-order valence-corrected chi connectivity index (χ0v) is 7.96. The summed E-state index contributed by atoms with van der Waals surface area (Å²) in [6.07, 6.45) is -0.443. The first kappa shape index (κ1) is 9.83. The summed E-state index contributed by atoms with van der Waals surface area (Å²) in [5.41, 5.74) is 0. The molecule has 74 valence electrons. The highest BCUT2D eigenvalue weighted by Gasteiger charge is 2.09. The van der Waals surface area contributed by atoms with Gasteiger partial charge in [0.15, 0.2) is 0 Å². The normalized spacial score (nSPS) is 15.2.